The molecule has 7 heteroatoms. The van der Waals surface area contributed by atoms with Crippen molar-refractivity contribution in [3.05, 3.63) is 0 Å². The van der Waals surface area contributed by atoms with Gasteiger partial charge in [0.15, 0.2) is 0 Å². The van der Waals surface area contributed by atoms with Crippen molar-refractivity contribution in [3.63, 3.8) is 0 Å². The zero-order valence-electron chi connectivity index (χ0n) is 10.9. The van der Waals surface area contributed by atoms with Gasteiger partial charge in [0, 0.05) is 0 Å². The number of carbonyl (C=O) groups is 3. The predicted octanol–water partition coefficient (Wildman–Crippen LogP) is -1.11. The quantitative estimate of drug-likeness (QED) is 0.500. The van der Waals surface area contributed by atoms with Crippen LogP contribution in [0.3, 0.4) is 0 Å². The molecule has 0 radical (unpaired) electrons. The van der Waals surface area contributed by atoms with Crippen molar-refractivity contribution in [1.29, 1.82) is 0 Å². The van der Waals surface area contributed by atoms with Gasteiger partial charge < -0.3 is 21.5 Å². The predicted molar refractivity (Wildman–Crippen MR) is 65.2 cm³/mol. The molecule has 0 aliphatic rings. The average Bonchev–Trinajstić information content (AvgIpc) is 2.32. The summed E-state index contributed by atoms with van der Waals surface area (Å²) in [5.74, 6) is -1.90. The van der Waals surface area contributed by atoms with Crippen LogP contribution in [0.5, 0.6) is 0 Å². The van der Waals surface area contributed by atoms with Gasteiger partial charge in [-0.1, -0.05) is 20.3 Å². The Balaban J connectivity index is 4.62. The van der Waals surface area contributed by atoms with Crippen LogP contribution < -0.4 is 16.8 Å². The molecule has 0 heterocycles. The Morgan fingerprint density at radius 1 is 1.33 bits per heavy atom. The van der Waals surface area contributed by atoms with E-state index >= 15 is 0 Å². The van der Waals surface area contributed by atoms with Crippen LogP contribution in [0.25, 0.3) is 0 Å². The molecule has 0 unspecified atom stereocenters. The van der Waals surface area contributed by atoms with Gasteiger partial charge in [-0.2, -0.15) is 0 Å². The van der Waals surface area contributed by atoms with E-state index in [0.717, 1.165) is 0 Å². The molecule has 5 N–H and O–H groups in total. The third-order valence-corrected chi connectivity index (χ3v) is 2.72. The number of amides is 2. The molecule has 0 aliphatic carbocycles. The normalized spacial score (nSPS) is 15.3. The highest BCUT2D eigenvalue weighted by molar-refractivity contribution is 5.90. The molecule has 0 aromatic carbocycles. The molecular weight excluding hydrogens is 238 g/mol. The minimum atomic E-state index is -1.06. The SMILES string of the molecule is CC[C@H](C)[C@H](NC(=O)[C@@H](N)CC(N)=O)C(=O)OC. The lowest BCUT2D eigenvalue weighted by Crippen LogP contribution is -2.52. The van der Waals surface area contributed by atoms with Crippen molar-refractivity contribution in [2.24, 2.45) is 17.4 Å². The van der Waals surface area contributed by atoms with Crippen molar-refractivity contribution in [2.45, 2.75) is 38.8 Å². The van der Waals surface area contributed by atoms with Crippen LogP contribution in [0.1, 0.15) is 26.7 Å². The molecule has 18 heavy (non-hydrogen) atoms. The minimum Gasteiger partial charge on any atom is -0.467 e. The number of ether oxygens (including phenoxy) is 1. The molecule has 0 saturated carbocycles. The molecule has 0 bridgehead atoms. The van der Waals surface area contributed by atoms with E-state index in [-0.39, 0.29) is 12.3 Å². The molecule has 104 valence electrons. The average molecular weight is 259 g/mol. The Kier molecular flexibility index (Phi) is 6.96. The second kappa shape index (κ2) is 7.65. The lowest BCUT2D eigenvalue weighted by atomic mass is 9.98. The molecule has 7 nitrogen and oxygen atoms in total. The maximum atomic E-state index is 11.7. The highest BCUT2D eigenvalue weighted by Gasteiger charge is 2.28. The zero-order valence-corrected chi connectivity index (χ0v) is 10.9. The van der Waals surface area contributed by atoms with Gasteiger partial charge in [-0.05, 0) is 5.92 Å². The number of nitrogens with one attached hydrogen (secondary N) is 1. The standard InChI is InChI=1S/C11H21N3O4/c1-4-6(2)9(11(17)18-3)14-10(16)7(12)5-8(13)15/h6-7,9H,4-5,12H2,1-3H3,(H2,13,15)(H,14,16)/t6-,7-,9-/m0/s1. The Hall–Kier alpha value is -1.63. The summed E-state index contributed by atoms with van der Waals surface area (Å²) in [5.41, 5.74) is 10.4. The van der Waals surface area contributed by atoms with Crippen molar-refractivity contribution in [3.8, 4) is 0 Å². The van der Waals surface area contributed by atoms with Gasteiger partial charge in [-0.15, -0.1) is 0 Å². The Morgan fingerprint density at radius 2 is 1.89 bits per heavy atom. The van der Waals surface area contributed by atoms with Crippen LogP contribution in [-0.4, -0.2) is 37.0 Å². The lowest BCUT2D eigenvalue weighted by molar-refractivity contribution is -0.146. The largest absolute Gasteiger partial charge is 0.467 e. The summed E-state index contributed by atoms with van der Waals surface area (Å²) in [5, 5.41) is 2.48. The number of methoxy groups -OCH3 is 1. The van der Waals surface area contributed by atoms with Crippen molar-refractivity contribution in [2.75, 3.05) is 7.11 Å². The van der Waals surface area contributed by atoms with E-state index < -0.39 is 29.9 Å². The van der Waals surface area contributed by atoms with E-state index in [1.165, 1.54) is 7.11 Å². The molecule has 0 saturated heterocycles. The number of rotatable bonds is 7. The second-order valence-corrected chi connectivity index (χ2v) is 4.17. The van der Waals surface area contributed by atoms with Gasteiger partial charge in [-0.25, -0.2) is 4.79 Å². The van der Waals surface area contributed by atoms with Gasteiger partial charge in [0.2, 0.25) is 11.8 Å². The molecule has 0 aromatic rings. The first-order chi connectivity index (χ1) is 8.33. The number of hydrogen-bond donors (Lipinski definition) is 3. The van der Waals surface area contributed by atoms with Crippen LogP contribution >= 0.6 is 0 Å². The fourth-order valence-electron chi connectivity index (χ4n) is 1.37. The highest BCUT2D eigenvalue weighted by atomic mass is 16.5. The van der Waals surface area contributed by atoms with Gasteiger partial charge in [0.05, 0.1) is 19.6 Å². The number of primary amides is 1. The Bertz CT molecular complexity index is 319. The summed E-state index contributed by atoms with van der Waals surface area (Å²) < 4.78 is 4.61. The van der Waals surface area contributed by atoms with Crippen LogP contribution in [0.2, 0.25) is 0 Å². The summed E-state index contributed by atoms with van der Waals surface area (Å²) in [6.07, 6.45) is 0.422. The smallest absolute Gasteiger partial charge is 0.328 e. The van der Waals surface area contributed by atoms with Crippen molar-refractivity contribution in [1.82, 2.24) is 5.32 Å². The van der Waals surface area contributed by atoms with Crippen molar-refractivity contribution < 1.29 is 19.1 Å². The molecule has 2 amide bonds. The van der Waals surface area contributed by atoms with E-state index in [0.29, 0.717) is 6.42 Å². The fourth-order valence-corrected chi connectivity index (χ4v) is 1.37. The van der Waals surface area contributed by atoms with E-state index in [4.69, 9.17) is 11.5 Å². The second-order valence-electron chi connectivity index (χ2n) is 4.17. The molecular formula is C11H21N3O4. The van der Waals surface area contributed by atoms with Crippen LogP contribution in [-0.2, 0) is 19.1 Å². The Labute approximate surface area is 106 Å². The van der Waals surface area contributed by atoms with Crippen LogP contribution in [0.4, 0.5) is 0 Å². The fraction of sp³-hybridized carbons (Fsp3) is 0.727. The zero-order chi connectivity index (χ0) is 14.3. The van der Waals surface area contributed by atoms with Gasteiger partial charge in [0.1, 0.15) is 6.04 Å². The van der Waals surface area contributed by atoms with Gasteiger partial charge >= 0.3 is 5.97 Å². The first-order valence-corrected chi connectivity index (χ1v) is 5.75. The molecule has 0 aromatic heterocycles. The summed E-state index contributed by atoms with van der Waals surface area (Å²) in [4.78, 5) is 33.9. The van der Waals surface area contributed by atoms with E-state index in [1.807, 2.05) is 13.8 Å². The first kappa shape index (κ1) is 16.4. The third kappa shape index (κ3) is 5.13. The maximum absolute atomic E-state index is 11.7. The third-order valence-electron chi connectivity index (χ3n) is 2.72. The number of esters is 1. The van der Waals surface area contributed by atoms with Gasteiger partial charge in [-0.3, -0.25) is 9.59 Å². The highest BCUT2D eigenvalue weighted by Crippen LogP contribution is 2.09. The number of carbonyl (C=O) groups excluding carboxylic acids is 3. The molecule has 0 fully saturated rings. The van der Waals surface area contributed by atoms with Gasteiger partial charge in [0.25, 0.3) is 0 Å². The monoisotopic (exact) mass is 259 g/mol. The summed E-state index contributed by atoms with van der Waals surface area (Å²) in [6.45, 7) is 3.69. The first-order valence-electron chi connectivity index (χ1n) is 5.75. The Morgan fingerprint density at radius 3 is 2.28 bits per heavy atom. The molecule has 3 atom stereocenters. The molecule has 0 aliphatic heterocycles. The summed E-state index contributed by atoms with van der Waals surface area (Å²) in [7, 11) is 1.24. The maximum Gasteiger partial charge on any atom is 0.328 e. The van der Waals surface area contributed by atoms with Crippen molar-refractivity contribution >= 4 is 17.8 Å². The van der Waals surface area contributed by atoms with E-state index in [2.05, 4.69) is 10.1 Å². The lowest BCUT2D eigenvalue weighted by Gasteiger charge is -2.23. The van der Waals surface area contributed by atoms with Crippen LogP contribution in [0, 0.1) is 5.92 Å². The summed E-state index contributed by atoms with van der Waals surface area (Å²) >= 11 is 0. The molecule has 0 spiro atoms. The topological polar surface area (TPSA) is 125 Å². The van der Waals surface area contributed by atoms with Crippen LogP contribution in [0.15, 0.2) is 0 Å². The number of nitrogens with two attached hydrogens (primary N) is 2. The summed E-state index contributed by atoms with van der Waals surface area (Å²) in [6, 6.07) is -1.83. The van der Waals surface area contributed by atoms with E-state index in [1.54, 1.807) is 0 Å². The molecule has 0 rings (SSSR count). The van der Waals surface area contributed by atoms with E-state index in [9.17, 15) is 14.4 Å². The minimum absolute atomic E-state index is 0.0952. The number of hydrogen-bond acceptors (Lipinski definition) is 5.